The van der Waals surface area contributed by atoms with E-state index in [1.165, 1.54) is 43.7 Å². The lowest BCUT2D eigenvalue weighted by atomic mass is 10.2. The summed E-state index contributed by atoms with van der Waals surface area (Å²) in [5.41, 5.74) is 3.99. The van der Waals surface area contributed by atoms with Gasteiger partial charge in [0.1, 0.15) is 29.6 Å². The van der Waals surface area contributed by atoms with Crippen LogP contribution in [0.1, 0.15) is 21.5 Å². The Morgan fingerprint density at radius 1 is 1.08 bits per heavy atom. The van der Waals surface area contributed by atoms with Crippen LogP contribution in [-0.4, -0.2) is 43.9 Å². The van der Waals surface area contributed by atoms with Crippen molar-refractivity contribution in [2.45, 2.75) is 12.9 Å². The highest BCUT2D eigenvalue weighted by atomic mass is 35.5. The molecule has 3 aromatic rings. The number of carbonyl (C=O) groups is 1. The number of nitrogens with one attached hydrogen (secondary N) is 2. The van der Waals surface area contributed by atoms with Gasteiger partial charge in [0.15, 0.2) is 0 Å². The molecule has 1 amide bonds. The molecule has 0 radical (unpaired) electrons. The number of phenolic OH excluding ortho intramolecular Hbond substituents is 1. The first-order valence-corrected chi connectivity index (χ1v) is 11.2. The Kier molecular flexibility index (Phi) is 9.58. The molecule has 8 nitrogen and oxygen atoms in total. The van der Waals surface area contributed by atoms with Crippen LogP contribution < -0.4 is 25.0 Å². The number of halogens is 4. The second-order valence-corrected chi connectivity index (χ2v) is 7.89. The van der Waals surface area contributed by atoms with Crippen LogP contribution in [0.3, 0.4) is 0 Å². The lowest BCUT2D eigenvalue weighted by Crippen LogP contribution is -2.20. The average molecular weight is 538 g/mol. The molecule has 0 heterocycles. The summed E-state index contributed by atoms with van der Waals surface area (Å²) in [6.45, 7) is 1.26. The van der Waals surface area contributed by atoms with Crippen molar-refractivity contribution in [2.75, 3.05) is 20.3 Å². The summed E-state index contributed by atoms with van der Waals surface area (Å²) in [5, 5.41) is 16.6. The van der Waals surface area contributed by atoms with Crippen molar-refractivity contribution in [3.63, 3.8) is 0 Å². The quantitative estimate of drug-likeness (QED) is 0.183. The summed E-state index contributed by atoms with van der Waals surface area (Å²) >= 11 is 5.81. The van der Waals surface area contributed by atoms with E-state index < -0.39 is 12.3 Å². The van der Waals surface area contributed by atoms with Gasteiger partial charge in [-0.05, 0) is 48.0 Å². The Labute approximate surface area is 215 Å². The molecule has 0 aromatic heterocycles. The fourth-order valence-electron chi connectivity index (χ4n) is 3.04. The van der Waals surface area contributed by atoms with Gasteiger partial charge in [-0.25, -0.2) is 5.43 Å². The molecule has 0 atom stereocenters. The van der Waals surface area contributed by atoms with Crippen LogP contribution in [0.4, 0.5) is 13.2 Å². The highest BCUT2D eigenvalue weighted by Gasteiger charge is 2.30. The smallest absolute Gasteiger partial charge is 0.506 e. The molecular weight excluding hydrogens is 515 g/mol. The van der Waals surface area contributed by atoms with Crippen molar-refractivity contribution in [1.29, 1.82) is 0 Å². The molecule has 0 spiro atoms. The number of hydrazone groups is 1. The van der Waals surface area contributed by atoms with Gasteiger partial charge in [-0.3, -0.25) is 4.79 Å². The predicted molar refractivity (Wildman–Crippen MR) is 131 cm³/mol. The third-order valence-corrected chi connectivity index (χ3v) is 5.12. The first kappa shape index (κ1) is 27.6. The van der Waals surface area contributed by atoms with Crippen LogP contribution in [0, 0.1) is 0 Å². The minimum Gasteiger partial charge on any atom is -0.506 e. The number of methoxy groups -OCH3 is 1. The van der Waals surface area contributed by atoms with Crippen molar-refractivity contribution in [2.24, 2.45) is 5.10 Å². The number of aromatic hydroxyl groups is 1. The third kappa shape index (κ3) is 8.89. The molecule has 0 saturated heterocycles. The van der Waals surface area contributed by atoms with E-state index in [0.717, 1.165) is 5.56 Å². The summed E-state index contributed by atoms with van der Waals surface area (Å²) in [6.07, 6.45) is -3.31. The highest BCUT2D eigenvalue weighted by molar-refractivity contribution is 6.32. The number of benzene rings is 3. The topological polar surface area (TPSA) is 101 Å². The number of amides is 1. The minimum absolute atomic E-state index is 0.0534. The molecule has 37 heavy (non-hydrogen) atoms. The monoisotopic (exact) mass is 537 g/mol. The lowest BCUT2D eigenvalue weighted by Gasteiger charge is -2.11. The van der Waals surface area contributed by atoms with Crippen LogP contribution in [0.5, 0.6) is 23.0 Å². The lowest BCUT2D eigenvalue weighted by molar-refractivity contribution is -0.274. The standard InChI is InChI=1S/C25H23ClF3N3O5/c1-35-23-13-20(36-11-10-30-14-16-2-6-19(7-3-16)37-25(27,28)29)8-4-18(23)15-31-32-24(34)17-5-9-22(33)21(26)12-17/h2-9,12-13,15,30,33H,10-11,14H2,1H3,(H,32,34)/b31-15+. The number of alkyl halides is 3. The van der Waals surface area contributed by atoms with Gasteiger partial charge in [0.2, 0.25) is 0 Å². The number of hydrogen-bond donors (Lipinski definition) is 3. The van der Waals surface area contributed by atoms with E-state index in [1.54, 1.807) is 30.3 Å². The summed E-state index contributed by atoms with van der Waals surface area (Å²) in [5.74, 6) is 0.115. The highest BCUT2D eigenvalue weighted by Crippen LogP contribution is 2.25. The molecule has 196 valence electrons. The second kappa shape index (κ2) is 12.8. The summed E-state index contributed by atoms with van der Waals surface area (Å²) in [4.78, 5) is 12.2. The molecule has 0 aliphatic rings. The molecule has 0 saturated carbocycles. The Balaban J connectivity index is 1.44. The number of phenols is 1. The SMILES string of the molecule is COc1cc(OCCNCc2ccc(OC(F)(F)F)cc2)ccc1/C=N/NC(=O)c1ccc(O)c(Cl)c1. The first-order chi connectivity index (χ1) is 17.6. The molecule has 12 heteroatoms. The molecule has 3 aromatic carbocycles. The molecule has 0 unspecified atom stereocenters. The normalized spacial score (nSPS) is 11.4. The maximum atomic E-state index is 12.2. The van der Waals surface area contributed by atoms with Crippen LogP contribution >= 0.6 is 11.6 Å². The Hall–Kier alpha value is -3.96. The van der Waals surface area contributed by atoms with Crippen molar-refractivity contribution in [1.82, 2.24) is 10.7 Å². The Bertz CT molecular complexity index is 1240. The van der Waals surface area contributed by atoms with E-state index in [2.05, 4.69) is 20.6 Å². The van der Waals surface area contributed by atoms with Crippen molar-refractivity contribution in [3.05, 3.63) is 82.4 Å². The molecule has 3 N–H and O–H groups in total. The largest absolute Gasteiger partial charge is 0.573 e. The van der Waals surface area contributed by atoms with Crippen molar-refractivity contribution in [3.8, 4) is 23.0 Å². The van der Waals surface area contributed by atoms with E-state index in [0.29, 0.717) is 36.8 Å². The average Bonchev–Trinajstić information content (AvgIpc) is 2.86. The zero-order valence-electron chi connectivity index (χ0n) is 19.5. The predicted octanol–water partition coefficient (Wildman–Crippen LogP) is 4.89. The summed E-state index contributed by atoms with van der Waals surface area (Å²) in [7, 11) is 1.49. The first-order valence-electron chi connectivity index (χ1n) is 10.8. The molecule has 3 rings (SSSR count). The van der Waals surface area contributed by atoms with Gasteiger partial charge >= 0.3 is 6.36 Å². The van der Waals surface area contributed by atoms with Gasteiger partial charge in [0.25, 0.3) is 5.91 Å². The Morgan fingerprint density at radius 2 is 1.81 bits per heavy atom. The zero-order chi connectivity index (χ0) is 26.8. The number of carbonyl (C=O) groups excluding carboxylic acids is 1. The fourth-order valence-corrected chi connectivity index (χ4v) is 3.22. The van der Waals surface area contributed by atoms with Gasteiger partial charge in [0, 0.05) is 30.3 Å². The van der Waals surface area contributed by atoms with Gasteiger partial charge in [0.05, 0.1) is 18.3 Å². The van der Waals surface area contributed by atoms with Crippen LogP contribution in [0.2, 0.25) is 5.02 Å². The number of rotatable bonds is 11. The van der Waals surface area contributed by atoms with Gasteiger partial charge in [-0.1, -0.05) is 23.7 Å². The van der Waals surface area contributed by atoms with Gasteiger partial charge in [-0.2, -0.15) is 5.10 Å². The van der Waals surface area contributed by atoms with E-state index in [1.807, 2.05) is 0 Å². The maximum absolute atomic E-state index is 12.2. The van der Waals surface area contributed by atoms with Crippen LogP contribution in [0.15, 0.2) is 65.8 Å². The summed E-state index contributed by atoms with van der Waals surface area (Å²) < 4.78 is 51.5. The minimum atomic E-state index is -4.72. The van der Waals surface area contributed by atoms with E-state index in [9.17, 15) is 23.1 Å². The van der Waals surface area contributed by atoms with E-state index >= 15 is 0 Å². The third-order valence-electron chi connectivity index (χ3n) is 4.82. The van der Waals surface area contributed by atoms with Crippen LogP contribution in [-0.2, 0) is 6.54 Å². The number of nitrogens with zero attached hydrogens (tertiary/aromatic N) is 1. The van der Waals surface area contributed by atoms with E-state index in [4.69, 9.17) is 21.1 Å². The maximum Gasteiger partial charge on any atom is 0.573 e. The number of ether oxygens (including phenoxy) is 3. The second-order valence-electron chi connectivity index (χ2n) is 7.49. The van der Waals surface area contributed by atoms with Crippen molar-refractivity contribution < 1.29 is 37.3 Å². The zero-order valence-corrected chi connectivity index (χ0v) is 20.3. The molecule has 0 fully saturated rings. The molecule has 0 aliphatic heterocycles. The fraction of sp³-hybridized carbons (Fsp3) is 0.200. The number of hydrogen-bond acceptors (Lipinski definition) is 7. The van der Waals surface area contributed by atoms with Crippen molar-refractivity contribution >= 4 is 23.7 Å². The molecule has 0 bridgehead atoms. The van der Waals surface area contributed by atoms with Gasteiger partial charge in [-0.15, -0.1) is 13.2 Å². The van der Waals surface area contributed by atoms with Crippen LogP contribution in [0.25, 0.3) is 0 Å². The molecule has 0 aliphatic carbocycles. The Morgan fingerprint density at radius 3 is 2.49 bits per heavy atom. The van der Waals surface area contributed by atoms with Gasteiger partial charge < -0.3 is 24.6 Å². The summed E-state index contributed by atoms with van der Waals surface area (Å²) in [6, 6.07) is 14.7. The molecular formula is C25H23ClF3N3O5. The van der Waals surface area contributed by atoms with E-state index in [-0.39, 0.29) is 22.1 Å².